The second-order valence-electron chi connectivity index (χ2n) is 6.98. The van der Waals surface area contributed by atoms with Crippen LogP contribution in [0.1, 0.15) is 24.4 Å². The fraction of sp³-hybridized carbons (Fsp3) is 0.684. The van der Waals surface area contributed by atoms with E-state index in [1.54, 1.807) is 7.11 Å². The minimum atomic E-state index is 0.305. The van der Waals surface area contributed by atoms with Crippen molar-refractivity contribution in [3.63, 3.8) is 0 Å². The summed E-state index contributed by atoms with van der Waals surface area (Å²) in [4.78, 5) is 5.11. The third-order valence-electron chi connectivity index (χ3n) is 5.37. The highest BCUT2D eigenvalue weighted by Crippen LogP contribution is 2.26. The molecule has 0 amide bonds. The SMILES string of the molecule is COCO[C@H]1CCN(C[C@H](c2ccccc2)N(C)C2CCNC2)C1. The van der Waals surface area contributed by atoms with E-state index in [-0.39, 0.29) is 0 Å². The van der Waals surface area contributed by atoms with Gasteiger partial charge >= 0.3 is 0 Å². The molecule has 0 saturated carbocycles. The molecule has 0 spiro atoms. The average molecular weight is 333 g/mol. The van der Waals surface area contributed by atoms with E-state index in [1.807, 2.05) is 0 Å². The van der Waals surface area contributed by atoms with Crippen LogP contribution in [0, 0.1) is 0 Å². The Morgan fingerprint density at radius 3 is 2.83 bits per heavy atom. The number of rotatable bonds is 8. The number of ether oxygens (including phenoxy) is 2. The van der Waals surface area contributed by atoms with Crippen LogP contribution < -0.4 is 5.32 Å². The fourth-order valence-corrected chi connectivity index (χ4v) is 3.89. The molecule has 0 aliphatic carbocycles. The summed E-state index contributed by atoms with van der Waals surface area (Å²) in [5.41, 5.74) is 1.41. The highest BCUT2D eigenvalue weighted by molar-refractivity contribution is 5.20. The lowest BCUT2D eigenvalue weighted by Gasteiger charge is -2.35. The predicted octanol–water partition coefficient (Wildman–Crippen LogP) is 1.72. The topological polar surface area (TPSA) is 37.0 Å². The molecule has 0 bridgehead atoms. The molecule has 0 radical (unpaired) electrons. The van der Waals surface area contributed by atoms with E-state index in [2.05, 4.69) is 52.5 Å². The second kappa shape index (κ2) is 8.92. The smallest absolute Gasteiger partial charge is 0.146 e. The molecule has 3 rings (SSSR count). The number of nitrogens with zero attached hydrogens (tertiary/aromatic N) is 2. The number of hydrogen-bond acceptors (Lipinski definition) is 5. The normalized spacial score (nSPS) is 26.3. The Balaban J connectivity index is 1.64. The van der Waals surface area contributed by atoms with Crippen molar-refractivity contribution in [1.82, 2.24) is 15.1 Å². The summed E-state index contributed by atoms with van der Waals surface area (Å²) in [5, 5.41) is 3.49. The van der Waals surface area contributed by atoms with Crippen LogP contribution in [0.5, 0.6) is 0 Å². The van der Waals surface area contributed by atoms with Gasteiger partial charge in [-0.1, -0.05) is 30.3 Å². The molecule has 134 valence electrons. The lowest BCUT2D eigenvalue weighted by Crippen LogP contribution is -2.42. The summed E-state index contributed by atoms with van der Waals surface area (Å²) in [7, 11) is 3.97. The molecule has 0 aromatic heterocycles. The zero-order valence-electron chi connectivity index (χ0n) is 15.0. The molecule has 2 heterocycles. The van der Waals surface area contributed by atoms with Crippen molar-refractivity contribution in [2.75, 3.05) is 53.7 Å². The number of likely N-dealkylation sites (N-methyl/N-ethyl adjacent to an activating group) is 1. The van der Waals surface area contributed by atoms with Gasteiger partial charge in [0.2, 0.25) is 0 Å². The Hall–Kier alpha value is -0.980. The molecule has 1 aromatic rings. The van der Waals surface area contributed by atoms with Crippen LogP contribution in [-0.4, -0.2) is 75.6 Å². The molecule has 1 unspecified atom stereocenters. The minimum absolute atomic E-state index is 0.305. The molecule has 2 aliphatic rings. The summed E-state index contributed by atoms with van der Waals surface area (Å²) in [5.74, 6) is 0. The highest BCUT2D eigenvalue weighted by atomic mass is 16.7. The third-order valence-corrected chi connectivity index (χ3v) is 5.37. The predicted molar refractivity (Wildman–Crippen MR) is 96.0 cm³/mol. The van der Waals surface area contributed by atoms with Gasteiger partial charge in [-0.25, -0.2) is 0 Å². The van der Waals surface area contributed by atoms with Gasteiger partial charge in [0.15, 0.2) is 0 Å². The van der Waals surface area contributed by atoms with Gasteiger partial charge in [0.1, 0.15) is 6.79 Å². The molecule has 5 nitrogen and oxygen atoms in total. The maximum absolute atomic E-state index is 5.74. The first kappa shape index (κ1) is 17.8. The largest absolute Gasteiger partial charge is 0.359 e. The van der Waals surface area contributed by atoms with Crippen LogP contribution in [0.25, 0.3) is 0 Å². The highest BCUT2D eigenvalue weighted by Gasteiger charge is 2.31. The molecule has 2 saturated heterocycles. The van der Waals surface area contributed by atoms with Gasteiger partial charge in [0.05, 0.1) is 6.10 Å². The van der Waals surface area contributed by atoms with Crippen molar-refractivity contribution in [2.24, 2.45) is 0 Å². The number of nitrogens with one attached hydrogen (secondary N) is 1. The molecule has 5 heteroatoms. The Labute approximate surface area is 145 Å². The number of hydrogen-bond donors (Lipinski definition) is 1. The zero-order chi connectivity index (χ0) is 16.8. The molecular formula is C19H31N3O2. The van der Waals surface area contributed by atoms with Crippen LogP contribution in [0.2, 0.25) is 0 Å². The molecule has 24 heavy (non-hydrogen) atoms. The van der Waals surface area contributed by atoms with Gasteiger partial charge < -0.3 is 14.8 Å². The first-order chi connectivity index (χ1) is 11.8. The van der Waals surface area contributed by atoms with Gasteiger partial charge in [-0.2, -0.15) is 0 Å². The quantitative estimate of drug-likeness (QED) is 0.733. The summed E-state index contributed by atoms with van der Waals surface area (Å²) < 4.78 is 10.8. The van der Waals surface area contributed by atoms with Crippen LogP contribution in [0.3, 0.4) is 0 Å². The van der Waals surface area contributed by atoms with Crippen LogP contribution in [0.4, 0.5) is 0 Å². The van der Waals surface area contributed by atoms with Gasteiger partial charge in [-0.15, -0.1) is 0 Å². The number of methoxy groups -OCH3 is 1. The van der Waals surface area contributed by atoms with E-state index in [0.29, 0.717) is 25.0 Å². The molecule has 3 atom stereocenters. The van der Waals surface area contributed by atoms with Crippen molar-refractivity contribution in [3.8, 4) is 0 Å². The molecule has 1 N–H and O–H groups in total. The first-order valence-electron chi connectivity index (χ1n) is 9.08. The van der Waals surface area contributed by atoms with E-state index in [9.17, 15) is 0 Å². The van der Waals surface area contributed by atoms with E-state index < -0.39 is 0 Å². The van der Waals surface area contributed by atoms with Crippen molar-refractivity contribution in [3.05, 3.63) is 35.9 Å². The summed E-state index contributed by atoms with van der Waals surface area (Å²) >= 11 is 0. The van der Waals surface area contributed by atoms with Gasteiger partial charge in [-0.3, -0.25) is 9.80 Å². The summed E-state index contributed by atoms with van der Waals surface area (Å²) in [6.07, 6.45) is 2.64. The number of likely N-dealkylation sites (tertiary alicyclic amines) is 1. The second-order valence-corrected chi connectivity index (χ2v) is 6.98. The van der Waals surface area contributed by atoms with Crippen molar-refractivity contribution < 1.29 is 9.47 Å². The van der Waals surface area contributed by atoms with E-state index >= 15 is 0 Å². The lowest BCUT2D eigenvalue weighted by atomic mass is 10.0. The van der Waals surface area contributed by atoms with Gasteiger partial charge in [0, 0.05) is 45.4 Å². The van der Waals surface area contributed by atoms with E-state index in [4.69, 9.17) is 9.47 Å². The standard InChI is InChI=1S/C19H31N3O2/c1-21(17-8-10-20-12-17)19(16-6-4-3-5-7-16)14-22-11-9-18(13-22)24-15-23-2/h3-7,17-20H,8-15H2,1-2H3/t17?,18-,19+/m0/s1. The van der Waals surface area contributed by atoms with Gasteiger partial charge in [-0.05, 0) is 32.0 Å². The van der Waals surface area contributed by atoms with Crippen LogP contribution in [-0.2, 0) is 9.47 Å². The molecular weight excluding hydrogens is 302 g/mol. The minimum Gasteiger partial charge on any atom is -0.359 e. The Kier molecular flexibility index (Phi) is 6.63. The zero-order valence-corrected chi connectivity index (χ0v) is 15.0. The Bertz CT molecular complexity index is 479. The number of benzene rings is 1. The first-order valence-corrected chi connectivity index (χ1v) is 9.08. The van der Waals surface area contributed by atoms with Crippen LogP contribution >= 0.6 is 0 Å². The third kappa shape index (κ3) is 4.55. The monoisotopic (exact) mass is 333 g/mol. The maximum atomic E-state index is 5.74. The van der Waals surface area contributed by atoms with E-state index in [0.717, 1.165) is 39.1 Å². The van der Waals surface area contributed by atoms with E-state index in [1.165, 1.54) is 12.0 Å². The Morgan fingerprint density at radius 2 is 2.12 bits per heavy atom. The maximum Gasteiger partial charge on any atom is 0.146 e. The van der Waals surface area contributed by atoms with Crippen molar-refractivity contribution >= 4 is 0 Å². The molecule has 1 aromatic carbocycles. The average Bonchev–Trinajstić information content (AvgIpc) is 3.30. The molecule has 2 aliphatic heterocycles. The lowest BCUT2D eigenvalue weighted by molar-refractivity contribution is -0.0675. The van der Waals surface area contributed by atoms with Crippen LogP contribution in [0.15, 0.2) is 30.3 Å². The summed E-state index contributed by atoms with van der Waals surface area (Å²) in [6, 6.07) is 12.0. The summed E-state index contributed by atoms with van der Waals surface area (Å²) in [6.45, 7) is 5.79. The van der Waals surface area contributed by atoms with Crippen molar-refractivity contribution in [2.45, 2.75) is 31.0 Å². The van der Waals surface area contributed by atoms with Gasteiger partial charge in [0.25, 0.3) is 0 Å². The fourth-order valence-electron chi connectivity index (χ4n) is 3.89. The molecule has 2 fully saturated rings. The Morgan fingerprint density at radius 1 is 1.29 bits per heavy atom. The van der Waals surface area contributed by atoms with Crippen molar-refractivity contribution in [1.29, 1.82) is 0 Å².